The molecule has 114 valence electrons. The van der Waals surface area contributed by atoms with Crippen molar-refractivity contribution >= 4 is 23.4 Å². The molecule has 0 saturated heterocycles. The first-order valence-corrected chi connectivity index (χ1v) is 6.89. The van der Waals surface area contributed by atoms with E-state index in [0.29, 0.717) is 11.6 Å². The van der Waals surface area contributed by atoms with Gasteiger partial charge in [0.2, 0.25) is 17.7 Å². The van der Waals surface area contributed by atoms with Crippen molar-refractivity contribution in [3.05, 3.63) is 12.4 Å². The number of anilines is 1. The highest BCUT2D eigenvalue weighted by atomic mass is 16.2. The molecule has 4 N–H and O–H groups in total. The van der Waals surface area contributed by atoms with Crippen LogP contribution in [0.1, 0.15) is 19.8 Å². The Morgan fingerprint density at radius 1 is 1.33 bits per heavy atom. The summed E-state index contributed by atoms with van der Waals surface area (Å²) in [6, 6.07) is 0. The van der Waals surface area contributed by atoms with Gasteiger partial charge in [-0.05, 0) is 12.3 Å². The topological polar surface area (TPSA) is 116 Å². The Morgan fingerprint density at radius 2 is 2.10 bits per heavy atom. The number of H-pyrrole nitrogens is 1. The van der Waals surface area contributed by atoms with E-state index in [0.717, 1.165) is 6.42 Å². The van der Waals surface area contributed by atoms with Crippen molar-refractivity contribution in [1.82, 2.24) is 20.8 Å². The van der Waals surface area contributed by atoms with Crippen LogP contribution in [-0.2, 0) is 14.4 Å². The fourth-order valence-corrected chi connectivity index (χ4v) is 1.91. The lowest BCUT2D eigenvalue weighted by atomic mass is 10.3. The van der Waals surface area contributed by atoms with Gasteiger partial charge in [0.05, 0.1) is 18.4 Å². The second kappa shape index (κ2) is 6.87. The molecular formula is C13H19N5O3. The minimum absolute atomic E-state index is 0.00741. The Bertz CT molecular complexity index is 514. The summed E-state index contributed by atoms with van der Waals surface area (Å²) in [4.78, 5) is 34.5. The van der Waals surface area contributed by atoms with Crippen molar-refractivity contribution in [3.8, 4) is 0 Å². The summed E-state index contributed by atoms with van der Waals surface area (Å²) in [6.45, 7) is 2.20. The van der Waals surface area contributed by atoms with Crippen LogP contribution >= 0.6 is 0 Å². The summed E-state index contributed by atoms with van der Waals surface area (Å²) in [5, 5.41) is 14.0. The Kier molecular flexibility index (Phi) is 4.91. The average molecular weight is 293 g/mol. The lowest BCUT2D eigenvalue weighted by Gasteiger charge is -2.06. The number of hydrogen-bond donors (Lipinski definition) is 4. The van der Waals surface area contributed by atoms with Gasteiger partial charge in [0, 0.05) is 25.1 Å². The van der Waals surface area contributed by atoms with Crippen LogP contribution in [0.3, 0.4) is 0 Å². The minimum atomic E-state index is -0.333. The summed E-state index contributed by atoms with van der Waals surface area (Å²) < 4.78 is 0. The lowest BCUT2D eigenvalue weighted by Crippen LogP contribution is -2.35. The van der Waals surface area contributed by atoms with Crippen molar-refractivity contribution in [2.75, 3.05) is 18.4 Å². The van der Waals surface area contributed by atoms with Crippen molar-refractivity contribution in [2.45, 2.75) is 19.8 Å². The molecular weight excluding hydrogens is 274 g/mol. The normalized spacial score (nSPS) is 19.7. The molecule has 3 amide bonds. The van der Waals surface area contributed by atoms with Crippen LogP contribution < -0.4 is 16.0 Å². The van der Waals surface area contributed by atoms with Gasteiger partial charge in [-0.3, -0.25) is 19.5 Å². The van der Waals surface area contributed by atoms with Crippen LogP contribution in [0.2, 0.25) is 0 Å². The first kappa shape index (κ1) is 15.0. The van der Waals surface area contributed by atoms with Crippen LogP contribution in [0.15, 0.2) is 12.4 Å². The van der Waals surface area contributed by atoms with E-state index in [1.165, 1.54) is 12.4 Å². The van der Waals surface area contributed by atoms with E-state index in [-0.39, 0.29) is 43.1 Å². The van der Waals surface area contributed by atoms with E-state index in [1.54, 1.807) is 0 Å². The molecule has 1 aliphatic carbocycles. The molecule has 1 fully saturated rings. The maximum Gasteiger partial charge on any atom is 0.243 e. The predicted molar refractivity (Wildman–Crippen MR) is 75.1 cm³/mol. The third-order valence-corrected chi connectivity index (χ3v) is 3.33. The molecule has 1 aromatic heterocycles. The largest absolute Gasteiger partial charge is 0.355 e. The van der Waals surface area contributed by atoms with Gasteiger partial charge in [0.25, 0.3) is 0 Å². The number of amides is 3. The van der Waals surface area contributed by atoms with E-state index in [2.05, 4.69) is 26.1 Å². The van der Waals surface area contributed by atoms with Gasteiger partial charge in [-0.25, -0.2) is 0 Å². The highest BCUT2D eigenvalue weighted by Crippen LogP contribution is 2.37. The minimum Gasteiger partial charge on any atom is -0.355 e. The van der Waals surface area contributed by atoms with Gasteiger partial charge in [0.15, 0.2) is 0 Å². The molecule has 8 heteroatoms. The maximum absolute atomic E-state index is 11.5. The summed E-state index contributed by atoms with van der Waals surface area (Å²) in [5.41, 5.74) is 0.542. The summed E-state index contributed by atoms with van der Waals surface area (Å²) in [6.07, 6.45) is 4.08. The van der Waals surface area contributed by atoms with E-state index >= 15 is 0 Å². The zero-order chi connectivity index (χ0) is 15.2. The fourth-order valence-electron chi connectivity index (χ4n) is 1.91. The van der Waals surface area contributed by atoms with Crippen molar-refractivity contribution in [2.24, 2.45) is 11.8 Å². The number of nitrogens with one attached hydrogen (secondary N) is 4. The molecule has 1 heterocycles. The van der Waals surface area contributed by atoms with Crippen molar-refractivity contribution in [3.63, 3.8) is 0 Å². The van der Waals surface area contributed by atoms with E-state index in [4.69, 9.17) is 0 Å². The number of aromatic nitrogens is 2. The molecule has 21 heavy (non-hydrogen) atoms. The number of carbonyl (C=O) groups is 3. The number of aromatic amines is 1. The Morgan fingerprint density at radius 3 is 2.71 bits per heavy atom. The SMILES string of the molecule is C[C@H]1C[C@@H]1C(=O)NCCC(=O)NCC(=O)Nc1cn[nH]c1. The summed E-state index contributed by atoms with van der Waals surface area (Å²) >= 11 is 0. The van der Waals surface area contributed by atoms with Gasteiger partial charge in [-0.15, -0.1) is 0 Å². The standard InChI is InChI=1S/C13H19N5O3/c1-8-4-10(8)13(21)14-3-2-11(19)15-7-12(20)18-9-5-16-17-6-9/h5-6,8,10H,2-4,7H2,1H3,(H,14,21)(H,15,19)(H,16,17)(H,18,20)/t8-,10-/m0/s1. The van der Waals surface area contributed by atoms with Gasteiger partial charge < -0.3 is 16.0 Å². The van der Waals surface area contributed by atoms with Crippen LogP contribution in [0.4, 0.5) is 5.69 Å². The second-order valence-corrected chi connectivity index (χ2v) is 5.17. The zero-order valence-electron chi connectivity index (χ0n) is 11.8. The van der Waals surface area contributed by atoms with Crippen LogP contribution in [-0.4, -0.2) is 41.0 Å². The van der Waals surface area contributed by atoms with E-state index in [9.17, 15) is 14.4 Å². The van der Waals surface area contributed by atoms with Gasteiger partial charge in [-0.1, -0.05) is 6.92 Å². The quantitative estimate of drug-likeness (QED) is 0.548. The van der Waals surface area contributed by atoms with Crippen molar-refractivity contribution in [1.29, 1.82) is 0 Å². The molecule has 0 aromatic carbocycles. The molecule has 2 atom stereocenters. The van der Waals surface area contributed by atoms with E-state index < -0.39 is 0 Å². The smallest absolute Gasteiger partial charge is 0.243 e. The maximum atomic E-state index is 11.5. The number of nitrogens with zero attached hydrogens (tertiary/aromatic N) is 1. The van der Waals surface area contributed by atoms with Crippen molar-refractivity contribution < 1.29 is 14.4 Å². The first-order chi connectivity index (χ1) is 10.1. The van der Waals surface area contributed by atoms with Gasteiger partial charge >= 0.3 is 0 Å². The monoisotopic (exact) mass is 293 g/mol. The second-order valence-electron chi connectivity index (χ2n) is 5.17. The number of hydrogen-bond acceptors (Lipinski definition) is 4. The molecule has 0 bridgehead atoms. The first-order valence-electron chi connectivity index (χ1n) is 6.89. The molecule has 0 spiro atoms. The van der Waals surface area contributed by atoms with Crippen LogP contribution in [0.25, 0.3) is 0 Å². The molecule has 1 saturated carbocycles. The fraction of sp³-hybridized carbons (Fsp3) is 0.538. The summed E-state index contributed by atoms with van der Waals surface area (Å²) in [7, 11) is 0. The number of carbonyl (C=O) groups excluding carboxylic acids is 3. The lowest BCUT2D eigenvalue weighted by molar-refractivity contribution is -0.125. The third kappa shape index (κ3) is 4.90. The van der Waals surface area contributed by atoms with Crippen LogP contribution in [0, 0.1) is 11.8 Å². The number of rotatable bonds is 7. The zero-order valence-corrected chi connectivity index (χ0v) is 11.8. The molecule has 1 aromatic rings. The highest BCUT2D eigenvalue weighted by molar-refractivity contribution is 5.94. The molecule has 8 nitrogen and oxygen atoms in total. The van der Waals surface area contributed by atoms with E-state index in [1.807, 2.05) is 6.92 Å². The highest BCUT2D eigenvalue weighted by Gasteiger charge is 2.38. The predicted octanol–water partition coefficient (Wildman–Crippen LogP) is -0.373. The average Bonchev–Trinajstić information content (AvgIpc) is 2.96. The summed E-state index contributed by atoms with van der Waals surface area (Å²) in [5.74, 6) is -0.0469. The molecule has 2 rings (SSSR count). The van der Waals surface area contributed by atoms with Gasteiger partial charge in [-0.2, -0.15) is 5.10 Å². The molecule has 0 aliphatic heterocycles. The molecule has 1 aliphatic rings. The molecule has 0 radical (unpaired) electrons. The Labute approximate surface area is 122 Å². The molecule has 0 unspecified atom stereocenters. The Hall–Kier alpha value is -2.38. The third-order valence-electron chi connectivity index (χ3n) is 3.33. The van der Waals surface area contributed by atoms with Gasteiger partial charge in [0.1, 0.15) is 0 Å². The Balaban J connectivity index is 1.55. The van der Waals surface area contributed by atoms with Crippen LogP contribution in [0.5, 0.6) is 0 Å².